The van der Waals surface area contributed by atoms with Crippen LogP contribution in [0.2, 0.25) is 0 Å². The van der Waals surface area contributed by atoms with Gasteiger partial charge in [-0.2, -0.15) is 0 Å². The standard InChI is InChI=1S/C40H43N3/c1-38(2,3)26-13-16-30-31-17-14-27(39(4,5)6)24-35(31)40(34(30)23-26)33-12-8-7-11-29(33)32-18-15-28(25-36(32)40)43-22-10-21-42-20-9-19-41-37(42)43/h7-8,11-18,23-25H,9-10,19-22H2,1-6H3/i7D,8D,11D,12D,13D,14D,15D,16D,17D,18D,23D,24D,25D. The Labute approximate surface area is 275 Å². The number of guanidine groups is 1. The van der Waals surface area contributed by atoms with Crippen LogP contribution in [-0.2, 0) is 16.2 Å². The van der Waals surface area contributed by atoms with Gasteiger partial charge < -0.3 is 9.80 Å². The van der Waals surface area contributed by atoms with Crippen molar-refractivity contribution in [1.82, 2.24) is 4.90 Å². The van der Waals surface area contributed by atoms with E-state index in [1.54, 1.807) is 46.4 Å². The molecule has 0 radical (unpaired) electrons. The number of benzene rings is 4. The molecule has 218 valence electrons. The SMILES string of the molecule is [2H]c1c([2H])c([2H])c2c(c1[2H])-c1c([2H])c([2H])c(N3CCCN4CCCN=C43)c([2H])c1C21c2c([2H])c(C(C)(C)C)c([2H])c([2H])c2-c2c([2H])c([2H])c(C(C)(C)C)c([2H])c21. The largest absolute Gasteiger partial charge is 0.342 e. The molecule has 0 N–H and O–H groups in total. The Kier molecular flexibility index (Phi) is 3.44. The molecule has 4 aromatic carbocycles. The molecule has 8 rings (SSSR count). The van der Waals surface area contributed by atoms with E-state index in [1.165, 1.54) is 0 Å². The van der Waals surface area contributed by atoms with Crippen molar-refractivity contribution in [2.24, 2.45) is 4.99 Å². The molecule has 43 heavy (non-hydrogen) atoms. The van der Waals surface area contributed by atoms with Crippen LogP contribution in [0.3, 0.4) is 0 Å². The summed E-state index contributed by atoms with van der Waals surface area (Å²) in [5.74, 6) is 0.553. The molecule has 0 saturated carbocycles. The van der Waals surface area contributed by atoms with Crippen LogP contribution >= 0.6 is 0 Å². The second kappa shape index (κ2) is 9.08. The molecule has 0 unspecified atom stereocenters. The van der Waals surface area contributed by atoms with Gasteiger partial charge in [0.1, 0.15) is 0 Å². The molecular formula is C40H43N3. The molecule has 4 aliphatic rings. The second-order valence-electron chi connectivity index (χ2n) is 14.0. The maximum Gasteiger partial charge on any atom is 0.201 e. The lowest BCUT2D eigenvalue weighted by Crippen LogP contribution is -2.52. The summed E-state index contributed by atoms with van der Waals surface area (Å²) in [5.41, 5.74) is -4.27. The van der Waals surface area contributed by atoms with Crippen LogP contribution in [0.1, 0.15) is 106 Å². The van der Waals surface area contributed by atoms with E-state index in [1.807, 2.05) is 0 Å². The van der Waals surface area contributed by atoms with Crippen LogP contribution in [0.4, 0.5) is 5.69 Å². The summed E-state index contributed by atoms with van der Waals surface area (Å²) in [5, 5.41) is 0. The maximum absolute atomic E-state index is 10.3. The van der Waals surface area contributed by atoms with Crippen molar-refractivity contribution < 1.29 is 17.8 Å². The Morgan fingerprint density at radius 2 is 1.19 bits per heavy atom. The minimum atomic E-state index is -2.16. The van der Waals surface area contributed by atoms with Gasteiger partial charge in [0.15, 0.2) is 0 Å². The van der Waals surface area contributed by atoms with E-state index in [2.05, 4.69) is 4.90 Å². The lowest BCUT2D eigenvalue weighted by atomic mass is 9.68. The maximum atomic E-state index is 10.3. The lowest BCUT2D eigenvalue weighted by molar-refractivity contribution is 0.360. The number of anilines is 1. The van der Waals surface area contributed by atoms with Gasteiger partial charge in [0.25, 0.3) is 0 Å². The van der Waals surface area contributed by atoms with Crippen LogP contribution in [0.5, 0.6) is 0 Å². The summed E-state index contributed by atoms with van der Waals surface area (Å²) in [7, 11) is 0. The summed E-state index contributed by atoms with van der Waals surface area (Å²) >= 11 is 0. The molecule has 0 aromatic heterocycles. The van der Waals surface area contributed by atoms with E-state index in [4.69, 9.17) is 7.73 Å². The third-order valence-corrected chi connectivity index (χ3v) is 9.06. The molecule has 3 nitrogen and oxygen atoms in total. The molecule has 2 heterocycles. The average Bonchev–Trinajstić information content (AvgIpc) is 3.61. The first kappa shape index (κ1) is 16.3. The third-order valence-electron chi connectivity index (χ3n) is 9.06. The summed E-state index contributed by atoms with van der Waals surface area (Å²) in [4.78, 5) is 8.63. The van der Waals surface area contributed by atoms with Crippen LogP contribution in [-0.4, -0.2) is 37.0 Å². The van der Waals surface area contributed by atoms with E-state index < -0.39 is 46.5 Å². The van der Waals surface area contributed by atoms with E-state index in [-0.39, 0.29) is 110 Å². The summed E-state index contributed by atoms with van der Waals surface area (Å²) in [6, 6.07) is -5.14. The van der Waals surface area contributed by atoms with Crippen molar-refractivity contribution in [2.45, 2.75) is 70.6 Å². The number of nitrogens with zero attached hydrogens (tertiary/aromatic N) is 3. The fourth-order valence-electron chi connectivity index (χ4n) is 6.87. The number of aliphatic imine (C=N–C) groups is 1. The molecule has 1 fully saturated rings. The van der Waals surface area contributed by atoms with Gasteiger partial charge >= 0.3 is 0 Å². The average molecular weight is 579 g/mol. The van der Waals surface area contributed by atoms with Crippen LogP contribution < -0.4 is 4.90 Å². The van der Waals surface area contributed by atoms with Crippen molar-refractivity contribution in [3.8, 4) is 22.3 Å². The molecule has 2 aliphatic heterocycles. The number of fused-ring (bicyclic) bond motifs is 11. The Balaban J connectivity index is 1.72. The van der Waals surface area contributed by atoms with Crippen molar-refractivity contribution in [1.29, 1.82) is 0 Å². The first-order valence-corrected chi connectivity index (χ1v) is 15.2. The smallest absolute Gasteiger partial charge is 0.201 e. The Bertz CT molecular complexity index is 2430. The number of rotatable bonds is 1. The quantitative estimate of drug-likeness (QED) is 0.194. The molecule has 2 aliphatic carbocycles. The highest BCUT2D eigenvalue weighted by atomic mass is 15.4. The van der Waals surface area contributed by atoms with Crippen molar-refractivity contribution in [3.05, 3.63) is 112 Å². The molecule has 0 atom stereocenters. The number of hydrogen-bond donors (Lipinski definition) is 0. The minimum Gasteiger partial charge on any atom is -0.342 e. The summed E-state index contributed by atoms with van der Waals surface area (Å²) < 4.78 is 124. The van der Waals surface area contributed by atoms with Crippen molar-refractivity contribution >= 4 is 11.6 Å². The minimum absolute atomic E-state index is 0.0252. The fourth-order valence-corrected chi connectivity index (χ4v) is 6.87. The van der Waals surface area contributed by atoms with Gasteiger partial charge in [-0.1, -0.05) is 108 Å². The third kappa shape index (κ3) is 3.76. The summed E-state index contributed by atoms with van der Waals surface area (Å²) in [6.45, 7) is 13.1. The van der Waals surface area contributed by atoms with Crippen LogP contribution in [0.25, 0.3) is 22.3 Å². The predicted molar refractivity (Wildman–Crippen MR) is 181 cm³/mol. The van der Waals surface area contributed by atoms with E-state index in [9.17, 15) is 15.1 Å². The zero-order valence-electron chi connectivity index (χ0n) is 38.6. The predicted octanol–water partition coefficient (Wildman–Crippen LogP) is 8.90. The topological polar surface area (TPSA) is 18.8 Å². The highest BCUT2D eigenvalue weighted by Gasteiger charge is 2.52. The van der Waals surface area contributed by atoms with E-state index >= 15 is 0 Å². The first-order chi connectivity index (χ1) is 26.0. The fraction of sp³-hybridized carbons (Fsp3) is 0.375. The zero-order valence-corrected chi connectivity index (χ0v) is 25.6. The number of hydrogen-bond acceptors (Lipinski definition) is 3. The lowest BCUT2D eigenvalue weighted by Gasteiger charge is -2.41. The molecular weight excluding hydrogens is 522 g/mol. The molecule has 0 bridgehead atoms. The highest BCUT2D eigenvalue weighted by molar-refractivity contribution is 6.00. The van der Waals surface area contributed by atoms with E-state index in [0.717, 1.165) is 6.42 Å². The van der Waals surface area contributed by atoms with Crippen molar-refractivity contribution in [2.75, 3.05) is 31.1 Å². The van der Waals surface area contributed by atoms with Crippen LogP contribution in [0, 0.1) is 0 Å². The van der Waals surface area contributed by atoms with Gasteiger partial charge in [-0.3, -0.25) is 4.99 Å². The summed E-state index contributed by atoms with van der Waals surface area (Å²) in [6.07, 6.45) is 1.49. The Hall–Kier alpha value is -3.85. The normalized spacial score (nSPS) is 22.4. The van der Waals surface area contributed by atoms with Gasteiger partial charge in [0.2, 0.25) is 5.96 Å². The zero-order chi connectivity index (χ0) is 41.0. The molecule has 1 saturated heterocycles. The second-order valence-corrected chi connectivity index (χ2v) is 14.0. The van der Waals surface area contributed by atoms with E-state index in [0.29, 0.717) is 38.6 Å². The van der Waals surface area contributed by atoms with Gasteiger partial charge in [-0.15, -0.1) is 0 Å². The van der Waals surface area contributed by atoms with Gasteiger partial charge in [0, 0.05) is 31.9 Å². The van der Waals surface area contributed by atoms with Crippen LogP contribution in [0.15, 0.2) is 83.5 Å². The monoisotopic (exact) mass is 578 g/mol. The Morgan fingerprint density at radius 3 is 1.84 bits per heavy atom. The van der Waals surface area contributed by atoms with Gasteiger partial charge in [-0.25, -0.2) is 0 Å². The molecule has 0 amide bonds. The molecule has 4 aromatic rings. The highest BCUT2D eigenvalue weighted by Crippen LogP contribution is 2.63. The van der Waals surface area contributed by atoms with Crippen molar-refractivity contribution in [3.63, 3.8) is 0 Å². The molecule has 1 spiro atoms. The van der Waals surface area contributed by atoms with Gasteiger partial charge in [0.05, 0.1) is 23.2 Å². The first-order valence-electron chi connectivity index (χ1n) is 21.7. The Morgan fingerprint density at radius 1 is 0.628 bits per heavy atom. The molecule has 3 heteroatoms. The van der Waals surface area contributed by atoms with Gasteiger partial charge in [-0.05, 0) is 91.4 Å².